The van der Waals surface area contributed by atoms with Crippen LogP contribution in [0.25, 0.3) is 0 Å². The maximum absolute atomic E-state index is 13.1. The van der Waals surface area contributed by atoms with Gasteiger partial charge in [-0.05, 0) is 33.1 Å². The lowest BCUT2D eigenvalue weighted by Crippen LogP contribution is -2.58. The summed E-state index contributed by atoms with van der Waals surface area (Å²) in [7, 11) is 0. The minimum Gasteiger partial charge on any atom is -0.389 e. The number of aliphatic hydroxyl groups is 1. The van der Waals surface area contributed by atoms with Gasteiger partial charge in [0, 0.05) is 6.54 Å². The van der Waals surface area contributed by atoms with Crippen LogP contribution in [0.5, 0.6) is 0 Å². The van der Waals surface area contributed by atoms with Crippen LogP contribution in [-0.2, 0) is 14.3 Å². The number of β-amino-alcohol motifs (C(OH)–C–C–N with tert-alkyl or cyclic N) is 1. The number of aryl methyl sites for hydroxylation is 2. The Kier molecular flexibility index (Phi) is 7.68. The first-order valence-corrected chi connectivity index (χ1v) is 10.6. The predicted octanol–water partition coefficient (Wildman–Crippen LogP) is 1.35. The van der Waals surface area contributed by atoms with E-state index in [1.807, 2.05) is 6.92 Å². The molecule has 3 rings (SSSR count). The minimum atomic E-state index is -0.793. The molecule has 0 radical (unpaired) electrons. The number of aliphatic hydroxyl groups excluding tert-OH is 1. The lowest BCUT2D eigenvalue weighted by molar-refractivity contribution is -0.149. The van der Waals surface area contributed by atoms with Crippen LogP contribution in [-0.4, -0.2) is 77.8 Å². The summed E-state index contributed by atoms with van der Waals surface area (Å²) in [5, 5.41) is 19.8. The second-order valence-corrected chi connectivity index (χ2v) is 7.97. The van der Waals surface area contributed by atoms with Gasteiger partial charge in [-0.3, -0.25) is 4.79 Å². The van der Waals surface area contributed by atoms with Crippen molar-refractivity contribution >= 4 is 17.6 Å². The number of amides is 3. The van der Waals surface area contributed by atoms with Gasteiger partial charge in [-0.15, -0.1) is 0 Å². The Morgan fingerprint density at radius 1 is 1.27 bits per heavy atom. The highest BCUT2D eigenvalue weighted by atomic mass is 16.5. The second-order valence-electron chi connectivity index (χ2n) is 7.97. The Labute approximate surface area is 176 Å². The number of nitrogens with zero attached hydrogens (tertiary/aromatic N) is 2. The van der Waals surface area contributed by atoms with E-state index in [0.717, 1.165) is 6.42 Å². The first-order valence-electron chi connectivity index (χ1n) is 10.6. The van der Waals surface area contributed by atoms with Crippen molar-refractivity contribution < 1.29 is 28.7 Å². The molecule has 2 aliphatic heterocycles. The van der Waals surface area contributed by atoms with Crippen LogP contribution in [0.3, 0.4) is 0 Å². The fraction of sp³-hybridized carbons (Fsp3) is 0.750. The van der Waals surface area contributed by atoms with Crippen molar-refractivity contribution in [2.75, 3.05) is 31.6 Å². The van der Waals surface area contributed by atoms with Gasteiger partial charge in [0.05, 0.1) is 44.4 Å². The Balaban J connectivity index is 1.69. The molecule has 3 amide bonds. The zero-order valence-electron chi connectivity index (χ0n) is 17.8. The summed E-state index contributed by atoms with van der Waals surface area (Å²) in [5.74, 6) is 0.488. The molecule has 168 valence electrons. The third-order valence-electron chi connectivity index (χ3n) is 5.49. The maximum atomic E-state index is 13.1. The molecule has 2 saturated heterocycles. The third kappa shape index (κ3) is 5.50. The predicted molar refractivity (Wildman–Crippen MR) is 108 cm³/mol. The molecule has 0 aromatic carbocycles. The van der Waals surface area contributed by atoms with E-state index in [9.17, 15) is 14.7 Å². The van der Waals surface area contributed by atoms with E-state index < -0.39 is 6.10 Å². The van der Waals surface area contributed by atoms with E-state index in [1.165, 1.54) is 0 Å². The van der Waals surface area contributed by atoms with Crippen LogP contribution in [0.15, 0.2) is 4.52 Å². The van der Waals surface area contributed by atoms with Gasteiger partial charge in [0.2, 0.25) is 5.91 Å². The number of rotatable bonds is 5. The quantitative estimate of drug-likeness (QED) is 0.651. The molecule has 2 aliphatic rings. The molecule has 1 aromatic heterocycles. The van der Waals surface area contributed by atoms with Gasteiger partial charge in [-0.25, -0.2) is 4.79 Å². The summed E-state index contributed by atoms with van der Waals surface area (Å²) < 4.78 is 16.9. The molecule has 3 heterocycles. The van der Waals surface area contributed by atoms with Gasteiger partial charge in [-0.2, -0.15) is 0 Å². The molecule has 10 heteroatoms. The summed E-state index contributed by atoms with van der Waals surface area (Å²) in [6.07, 6.45) is 1.09. The first kappa shape index (κ1) is 22.5. The summed E-state index contributed by atoms with van der Waals surface area (Å²) in [6.45, 7) is 6.63. The number of fused-ring (bicyclic) bond motifs is 1. The standard InChI is InChI=1S/C20H32N4O6/c1-4-7-21-18(26)8-15-5-6-16-17(29-15)11-28-10-14(25)9-24(16)20(27)22-19-12(2)23-30-13(19)3/h14-17,25H,4-11H2,1-3H3,(H,21,26)(H,22,27)/t14-,15+,16-,17+/m1/s1. The molecular weight excluding hydrogens is 392 g/mol. The summed E-state index contributed by atoms with van der Waals surface area (Å²) >= 11 is 0. The molecule has 0 aliphatic carbocycles. The largest absolute Gasteiger partial charge is 0.389 e. The Morgan fingerprint density at radius 3 is 2.77 bits per heavy atom. The molecule has 4 atom stereocenters. The fourth-order valence-corrected chi connectivity index (χ4v) is 3.96. The van der Waals surface area contributed by atoms with Crippen LogP contribution >= 0.6 is 0 Å². The van der Waals surface area contributed by atoms with Gasteiger partial charge >= 0.3 is 6.03 Å². The molecule has 0 unspecified atom stereocenters. The van der Waals surface area contributed by atoms with Gasteiger partial charge in [0.25, 0.3) is 0 Å². The number of carbonyl (C=O) groups is 2. The summed E-state index contributed by atoms with van der Waals surface area (Å²) in [6, 6.07) is -0.613. The highest BCUT2D eigenvalue weighted by Crippen LogP contribution is 2.29. The zero-order chi connectivity index (χ0) is 21.7. The van der Waals surface area contributed by atoms with Crippen molar-refractivity contribution in [3.63, 3.8) is 0 Å². The van der Waals surface area contributed by atoms with E-state index in [0.29, 0.717) is 36.5 Å². The Bertz CT molecular complexity index is 719. The lowest BCUT2D eigenvalue weighted by atomic mass is 9.95. The van der Waals surface area contributed by atoms with E-state index in [1.54, 1.807) is 18.7 Å². The molecule has 10 nitrogen and oxygen atoms in total. The monoisotopic (exact) mass is 424 g/mol. The van der Waals surface area contributed by atoms with Gasteiger partial charge < -0.3 is 34.6 Å². The Morgan fingerprint density at radius 2 is 2.07 bits per heavy atom. The zero-order valence-corrected chi connectivity index (χ0v) is 17.8. The van der Waals surface area contributed by atoms with Crippen molar-refractivity contribution in [3.8, 4) is 0 Å². The molecule has 0 bridgehead atoms. The average molecular weight is 424 g/mol. The number of anilines is 1. The molecule has 1 aromatic rings. The highest BCUT2D eigenvalue weighted by Gasteiger charge is 2.40. The van der Waals surface area contributed by atoms with E-state index in [2.05, 4.69) is 15.8 Å². The topological polar surface area (TPSA) is 126 Å². The first-order chi connectivity index (χ1) is 14.4. The molecular formula is C20H32N4O6. The van der Waals surface area contributed by atoms with Crippen LogP contribution < -0.4 is 10.6 Å². The van der Waals surface area contributed by atoms with Gasteiger partial charge in [-0.1, -0.05) is 12.1 Å². The highest BCUT2D eigenvalue weighted by molar-refractivity contribution is 5.90. The second kappa shape index (κ2) is 10.2. The van der Waals surface area contributed by atoms with E-state index in [-0.39, 0.29) is 56.4 Å². The number of ether oxygens (including phenoxy) is 2. The van der Waals surface area contributed by atoms with Crippen molar-refractivity contribution in [1.29, 1.82) is 0 Å². The number of urea groups is 1. The third-order valence-corrected chi connectivity index (χ3v) is 5.49. The van der Waals surface area contributed by atoms with Gasteiger partial charge in [0.1, 0.15) is 17.5 Å². The Hall–Kier alpha value is -2.17. The number of hydrogen-bond donors (Lipinski definition) is 3. The van der Waals surface area contributed by atoms with Crippen LogP contribution in [0.1, 0.15) is 44.1 Å². The smallest absolute Gasteiger partial charge is 0.322 e. The van der Waals surface area contributed by atoms with Crippen LogP contribution in [0.2, 0.25) is 0 Å². The SMILES string of the molecule is CCCNC(=O)C[C@@H]1CC[C@@H]2[C@H](COC[C@H](O)CN2C(=O)Nc2c(C)noc2C)O1. The van der Waals surface area contributed by atoms with Gasteiger partial charge in [0.15, 0.2) is 5.76 Å². The number of carbonyl (C=O) groups excluding carboxylic acids is 2. The minimum absolute atomic E-state index is 0.0320. The van der Waals surface area contributed by atoms with E-state index >= 15 is 0 Å². The van der Waals surface area contributed by atoms with Crippen molar-refractivity contribution in [1.82, 2.24) is 15.4 Å². The van der Waals surface area contributed by atoms with Crippen molar-refractivity contribution in [2.24, 2.45) is 0 Å². The molecule has 0 spiro atoms. The van der Waals surface area contributed by atoms with Crippen molar-refractivity contribution in [3.05, 3.63) is 11.5 Å². The molecule has 2 fully saturated rings. The average Bonchev–Trinajstić information content (AvgIpc) is 3.01. The van der Waals surface area contributed by atoms with Crippen LogP contribution in [0.4, 0.5) is 10.5 Å². The molecule has 30 heavy (non-hydrogen) atoms. The van der Waals surface area contributed by atoms with Crippen LogP contribution in [0, 0.1) is 13.8 Å². The van der Waals surface area contributed by atoms with E-state index in [4.69, 9.17) is 14.0 Å². The summed E-state index contributed by atoms with van der Waals surface area (Å²) in [5.41, 5.74) is 1.12. The number of aromatic nitrogens is 1. The molecule has 3 N–H and O–H groups in total. The molecule has 0 saturated carbocycles. The lowest BCUT2D eigenvalue weighted by Gasteiger charge is -2.44. The fourth-order valence-electron chi connectivity index (χ4n) is 3.96. The maximum Gasteiger partial charge on any atom is 0.322 e. The number of nitrogens with one attached hydrogen (secondary N) is 2. The normalized spacial score (nSPS) is 27.0. The van der Waals surface area contributed by atoms with Crippen molar-refractivity contribution in [2.45, 2.75) is 70.8 Å². The summed E-state index contributed by atoms with van der Waals surface area (Å²) in [4.78, 5) is 26.8. The number of hydrogen-bond acceptors (Lipinski definition) is 7.